The van der Waals surface area contributed by atoms with Gasteiger partial charge in [-0.25, -0.2) is 0 Å². The zero-order chi connectivity index (χ0) is 14.3. The summed E-state index contributed by atoms with van der Waals surface area (Å²) in [7, 11) is -1.58. The molecule has 1 aliphatic carbocycles. The molecule has 0 radical (unpaired) electrons. The zero-order valence-corrected chi connectivity index (χ0v) is 14.5. The first-order valence-corrected chi connectivity index (χ1v) is 10.7. The Balaban J connectivity index is 1.78. The van der Waals surface area contributed by atoms with Gasteiger partial charge in [0.1, 0.15) is 0 Å². The molecule has 0 amide bonds. The van der Waals surface area contributed by atoms with Crippen molar-refractivity contribution in [1.29, 1.82) is 0 Å². The van der Waals surface area contributed by atoms with Crippen LogP contribution in [0.4, 0.5) is 0 Å². The van der Waals surface area contributed by atoms with E-state index in [0.29, 0.717) is 5.04 Å². The second-order valence-corrected chi connectivity index (χ2v) is 13.1. The molecule has 2 N–H and O–H groups in total. The predicted molar refractivity (Wildman–Crippen MR) is 83.8 cm³/mol. The van der Waals surface area contributed by atoms with Crippen LogP contribution in [0.5, 0.6) is 0 Å². The second kappa shape index (κ2) is 5.13. The number of hydrogen-bond donors (Lipinski definition) is 1. The molecule has 2 unspecified atom stereocenters. The van der Waals surface area contributed by atoms with E-state index in [0.717, 1.165) is 25.6 Å². The van der Waals surface area contributed by atoms with Gasteiger partial charge < -0.3 is 10.2 Å². The molecule has 2 atom stereocenters. The summed E-state index contributed by atoms with van der Waals surface area (Å²) in [5.74, 6) is 0.839. The summed E-state index contributed by atoms with van der Waals surface area (Å²) >= 11 is 0. The van der Waals surface area contributed by atoms with E-state index in [4.69, 9.17) is 10.2 Å². The summed E-state index contributed by atoms with van der Waals surface area (Å²) < 4.78 is 6.28. The highest BCUT2D eigenvalue weighted by Crippen LogP contribution is 2.38. The van der Waals surface area contributed by atoms with Crippen LogP contribution in [0.15, 0.2) is 0 Å². The molecule has 2 bridgehead atoms. The van der Waals surface area contributed by atoms with Gasteiger partial charge in [-0.1, -0.05) is 20.8 Å². The lowest BCUT2D eigenvalue weighted by Gasteiger charge is -2.40. The molecule has 3 nitrogen and oxygen atoms in total. The van der Waals surface area contributed by atoms with Gasteiger partial charge in [0.25, 0.3) is 0 Å². The highest BCUT2D eigenvalue weighted by Gasteiger charge is 2.42. The molecular weight excluding hydrogens is 252 g/mol. The number of nitrogens with zero attached hydrogens (tertiary/aromatic N) is 1. The van der Waals surface area contributed by atoms with Crippen molar-refractivity contribution in [3.05, 3.63) is 0 Å². The smallest absolute Gasteiger partial charge is 0.192 e. The minimum Gasteiger partial charge on any atom is -0.416 e. The van der Waals surface area contributed by atoms with Gasteiger partial charge in [0, 0.05) is 31.8 Å². The highest BCUT2D eigenvalue weighted by molar-refractivity contribution is 6.74. The first kappa shape index (κ1) is 15.5. The molecule has 0 aromatic carbocycles. The third-order valence-electron chi connectivity index (χ3n) is 5.48. The molecule has 2 rings (SSSR count). The van der Waals surface area contributed by atoms with Gasteiger partial charge in [-0.15, -0.1) is 0 Å². The van der Waals surface area contributed by atoms with E-state index in [-0.39, 0.29) is 5.54 Å². The summed E-state index contributed by atoms with van der Waals surface area (Å²) in [5, 5.41) is 0.309. The summed E-state index contributed by atoms with van der Waals surface area (Å²) in [5.41, 5.74) is 6.55. The molecule has 0 spiro atoms. The fourth-order valence-corrected chi connectivity index (χ4v) is 4.30. The van der Waals surface area contributed by atoms with Gasteiger partial charge in [0.2, 0.25) is 0 Å². The maximum absolute atomic E-state index is 6.44. The van der Waals surface area contributed by atoms with Crippen LogP contribution in [-0.2, 0) is 4.43 Å². The number of hydrogen-bond acceptors (Lipinski definition) is 3. The van der Waals surface area contributed by atoms with Crippen molar-refractivity contribution in [2.45, 2.75) is 63.7 Å². The predicted octanol–water partition coefficient (Wildman–Crippen LogP) is 2.82. The average molecular weight is 285 g/mol. The molecule has 112 valence electrons. The summed E-state index contributed by atoms with van der Waals surface area (Å²) in [6.07, 6.45) is 3.79. The number of likely N-dealkylation sites (tertiary alicyclic amines) is 1. The van der Waals surface area contributed by atoms with Crippen molar-refractivity contribution < 1.29 is 4.43 Å². The Morgan fingerprint density at radius 2 is 2.05 bits per heavy atom. The number of piperidine rings is 1. The molecule has 2 aliphatic rings. The van der Waals surface area contributed by atoms with Crippen LogP contribution < -0.4 is 5.73 Å². The Morgan fingerprint density at radius 3 is 2.63 bits per heavy atom. The molecule has 0 aromatic heterocycles. The van der Waals surface area contributed by atoms with Gasteiger partial charge >= 0.3 is 0 Å². The number of fused-ring (bicyclic) bond motifs is 2. The maximum atomic E-state index is 6.44. The lowest BCUT2D eigenvalue weighted by Crippen LogP contribution is -2.53. The van der Waals surface area contributed by atoms with Crippen molar-refractivity contribution in [2.75, 3.05) is 26.2 Å². The molecule has 1 saturated heterocycles. The van der Waals surface area contributed by atoms with Crippen molar-refractivity contribution in [1.82, 2.24) is 4.90 Å². The summed E-state index contributed by atoms with van der Waals surface area (Å²) in [4.78, 5) is 2.54. The van der Waals surface area contributed by atoms with Crippen LogP contribution in [0.3, 0.4) is 0 Å². The average Bonchev–Trinajstić information content (AvgIpc) is 2.50. The van der Waals surface area contributed by atoms with E-state index in [1.165, 1.54) is 25.8 Å². The normalized spacial score (nSPS) is 32.8. The van der Waals surface area contributed by atoms with E-state index >= 15 is 0 Å². The molecule has 19 heavy (non-hydrogen) atoms. The first-order valence-electron chi connectivity index (χ1n) is 7.77. The largest absolute Gasteiger partial charge is 0.416 e. The maximum Gasteiger partial charge on any atom is 0.192 e. The van der Waals surface area contributed by atoms with Crippen LogP contribution in [0.2, 0.25) is 18.1 Å². The minimum atomic E-state index is -1.58. The third kappa shape index (κ3) is 3.60. The lowest BCUT2D eigenvalue weighted by molar-refractivity contribution is 0.123. The van der Waals surface area contributed by atoms with E-state index in [9.17, 15) is 0 Å². The van der Waals surface area contributed by atoms with E-state index in [2.05, 4.69) is 38.8 Å². The van der Waals surface area contributed by atoms with Gasteiger partial charge in [0.05, 0.1) is 0 Å². The lowest BCUT2D eigenvalue weighted by atomic mass is 9.92. The topological polar surface area (TPSA) is 38.5 Å². The quantitative estimate of drug-likeness (QED) is 0.807. The molecule has 1 saturated carbocycles. The zero-order valence-electron chi connectivity index (χ0n) is 13.5. The Kier molecular flexibility index (Phi) is 4.18. The van der Waals surface area contributed by atoms with Gasteiger partial charge in [-0.3, -0.25) is 4.90 Å². The van der Waals surface area contributed by atoms with Crippen LogP contribution in [0, 0.1) is 5.92 Å². The molecule has 1 aliphatic heterocycles. The standard InChI is InChI=1S/C15H32N2OSi/c1-14(2,3)19(4,5)18-9-8-17-11-13-6-7-15(16,10-13)12-17/h13H,6-12,16H2,1-5H3. The highest BCUT2D eigenvalue weighted by atomic mass is 28.4. The number of rotatable bonds is 4. The van der Waals surface area contributed by atoms with Crippen molar-refractivity contribution in [3.8, 4) is 0 Å². The van der Waals surface area contributed by atoms with Crippen molar-refractivity contribution in [2.24, 2.45) is 11.7 Å². The second-order valence-electron chi connectivity index (χ2n) is 8.32. The first-order chi connectivity index (χ1) is 8.61. The molecule has 2 fully saturated rings. The van der Waals surface area contributed by atoms with Gasteiger partial charge in [-0.05, 0) is 43.3 Å². The molecule has 1 heterocycles. The Morgan fingerprint density at radius 1 is 1.37 bits per heavy atom. The van der Waals surface area contributed by atoms with Crippen LogP contribution in [-0.4, -0.2) is 45.0 Å². The van der Waals surface area contributed by atoms with Crippen molar-refractivity contribution >= 4 is 8.32 Å². The van der Waals surface area contributed by atoms with Gasteiger partial charge in [0.15, 0.2) is 8.32 Å². The van der Waals surface area contributed by atoms with Gasteiger partial charge in [-0.2, -0.15) is 0 Å². The molecular formula is C15H32N2OSi. The van der Waals surface area contributed by atoms with Crippen LogP contribution in [0.1, 0.15) is 40.0 Å². The monoisotopic (exact) mass is 284 g/mol. The Hall–Kier alpha value is 0.0969. The SMILES string of the molecule is CC(C)(C)[Si](C)(C)OCCN1CC2CCC(N)(C2)C1. The van der Waals surface area contributed by atoms with Crippen LogP contribution in [0.25, 0.3) is 0 Å². The summed E-state index contributed by atoms with van der Waals surface area (Å²) in [6, 6.07) is 0. The van der Waals surface area contributed by atoms with E-state index < -0.39 is 8.32 Å². The number of nitrogens with two attached hydrogens (primary N) is 1. The Bertz CT molecular complexity index is 327. The Labute approximate surface area is 120 Å². The summed E-state index contributed by atoms with van der Waals surface area (Å²) in [6.45, 7) is 15.8. The fourth-order valence-electron chi connectivity index (χ4n) is 3.26. The molecule has 4 heteroatoms. The minimum absolute atomic E-state index is 0.111. The fraction of sp³-hybridized carbons (Fsp3) is 1.00. The van der Waals surface area contributed by atoms with Crippen molar-refractivity contribution in [3.63, 3.8) is 0 Å². The van der Waals surface area contributed by atoms with E-state index in [1.807, 2.05) is 0 Å². The van der Waals surface area contributed by atoms with E-state index in [1.54, 1.807) is 0 Å². The van der Waals surface area contributed by atoms with Crippen LogP contribution >= 0.6 is 0 Å². The molecule has 0 aromatic rings. The third-order valence-corrected chi connectivity index (χ3v) is 10.0.